The molecule has 4 nitrogen and oxygen atoms in total. The summed E-state index contributed by atoms with van der Waals surface area (Å²) in [6.45, 7) is 0. The van der Waals surface area contributed by atoms with E-state index in [1.807, 2.05) is 0 Å². The summed E-state index contributed by atoms with van der Waals surface area (Å²) in [6.07, 6.45) is 1.04. The molecule has 0 saturated carbocycles. The number of pyridine rings is 1. The van der Waals surface area contributed by atoms with E-state index in [9.17, 15) is 9.18 Å². The number of amides is 1. The molecule has 0 aliphatic rings. The molecule has 0 unspecified atom stereocenters. The van der Waals surface area contributed by atoms with Crippen LogP contribution in [0.1, 0.15) is 10.4 Å². The molecule has 0 aliphatic carbocycles. The van der Waals surface area contributed by atoms with E-state index in [0.29, 0.717) is 21.0 Å². The van der Waals surface area contributed by atoms with Crippen LogP contribution in [0.3, 0.4) is 0 Å². The molecule has 0 fully saturated rings. The maximum absolute atomic E-state index is 13.2. The van der Waals surface area contributed by atoms with E-state index in [1.165, 1.54) is 0 Å². The summed E-state index contributed by atoms with van der Waals surface area (Å²) in [4.78, 5) is 16.0. The van der Waals surface area contributed by atoms with E-state index < -0.39 is 11.7 Å². The first-order valence-electron chi connectivity index (χ1n) is 5.61. The third-order valence-electron chi connectivity index (χ3n) is 2.51. The summed E-state index contributed by atoms with van der Waals surface area (Å²) in [5, 5.41) is 5.87. The summed E-state index contributed by atoms with van der Waals surface area (Å²) in [7, 11) is 1.60. The van der Waals surface area contributed by atoms with Gasteiger partial charge in [-0.2, -0.15) is 0 Å². The van der Waals surface area contributed by atoms with Crippen molar-refractivity contribution in [2.45, 2.75) is 0 Å². The maximum atomic E-state index is 13.2. The van der Waals surface area contributed by atoms with Crippen LogP contribution in [-0.2, 0) is 0 Å². The Balaban J connectivity index is 2.32. The molecule has 1 amide bonds. The number of rotatable bonds is 3. The van der Waals surface area contributed by atoms with Crippen molar-refractivity contribution in [3.63, 3.8) is 0 Å². The highest BCUT2D eigenvalue weighted by atomic mass is 79.9. The summed E-state index contributed by atoms with van der Waals surface area (Å²) in [5.41, 5.74) is 0.605. The fourth-order valence-electron chi connectivity index (χ4n) is 1.59. The van der Waals surface area contributed by atoms with Gasteiger partial charge in [0, 0.05) is 16.5 Å². The molecule has 7 heteroatoms. The Morgan fingerprint density at radius 3 is 2.85 bits per heavy atom. The molecule has 20 heavy (non-hydrogen) atoms. The number of carbonyl (C=O) groups excluding carboxylic acids is 1. The zero-order valence-electron chi connectivity index (χ0n) is 10.4. The zero-order chi connectivity index (χ0) is 14.7. The standard InChI is InChI=1S/C13H10BrClFN3O/c1-17-12-9(5-8(16)6-18-12)13(20)19-11-4-7(15)2-3-10(11)14/h2-6H,1H3,(H,17,18)(H,19,20). The van der Waals surface area contributed by atoms with Gasteiger partial charge in [0.05, 0.1) is 17.4 Å². The minimum absolute atomic E-state index is 0.111. The highest BCUT2D eigenvalue weighted by Crippen LogP contribution is 2.27. The van der Waals surface area contributed by atoms with Crippen LogP contribution in [0.5, 0.6) is 0 Å². The van der Waals surface area contributed by atoms with Gasteiger partial charge in [-0.05, 0) is 40.2 Å². The molecule has 1 heterocycles. The van der Waals surface area contributed by atoms with Crippen LogP contribution < -0.4 is 10.6 Å². The number of hydrogen-bond donors (Lipinski definition) is 2. The van der Waals surface area contributed by atoms with Crippen LogP contribution in [0.25, 0.3) is 0 Å². The van der Waals surface area contributed by atoms with Crippen molar-refractivity contribution in [2.75, 3.05) is 17.7 Å². The molecular weight excluding hydrogens is 349 g/mol. The Morgan fingerprint density at radius 2 is 2.15 bits per heavy atom. The smallest absolute Gasteiger partial charge is 0.259 e. The summed E-state index contributed by atoms with van der Waals surface area (Å²) in [5.74, 6) is -0.773. The van der Waals surface area contributed by atoms with Crippen molar-refractivity contribution in [1.82, 2.24) is 4.98 Å². The number of carbonyl (C=O) groups is 1. The Kier molecular flexibility index (Phi) is 4.57. The molecular formula is C13H10BrClFN3O. The minimum atomic E-state index is -0.584. The van der Waals surface area contributed by atoms with Gasteiger partial charge in [-0.1, -0.05) is 11.6 Å². The second-order valence-electron chi connectivity index (χ2n) is 3.88. The summed E-state index contributed by atoms with van der Waals surface area (Å²) >= 11 is 9.18. The zero-order valence-corrected chi connectivity index (χ0v) is 12.7. The van der Waals surface area contributed by atoms with Crippen molar-refractivity contribution < 1.29 is 9.18 Å². The summed E-state index contributed by atoms with van der Waals surface area (Å²) < 4.78 is 13.9. The van der Waals surface area contributed by atoms with Gasteiger partial charge < -0.3 is 10.6 Å². The van der Waals surface area contributed by atoms with Crippen LogP contribution >= 0.6 is 27.5 Å². The highest BCUT2D eigenvalue weighted by molar-refractivity contribution is 9.10. The maximum Gasteiger partial charge on any atom is 0.259 e. The SMILES string of the molecule is CNc1ncc(F)cc1C(=O)Nc1cc(Cl)ccc1Br. The number of halogens is 3. The lowest BCUT2D eigenvalue weighted by Gasteiger charge is -2.10. The first kappa shape index (κ1) is 14.7. The first-order chi connectivity index (χ1) is 9.51. The third kappa shape index (κ3) is 3.26. The van der Waals surface area contributed by atoms with Crippen molar-refractivity contribution in [1.29, 1.82) is 0 Å². The van der Waals surface area contributed by atoms with Crippen LogP contribution in [0.2, 0.25) is 5.02 Å². The molecule has 0 saturated heterocycles. The number of hydrogen-bond acceptors (Lipinski definition) is 3. The lowest BCUT2D eigenvalue weighted by molar-refractivity contribution is 0.102. The summed E-state index contributed by atoms with van der Waals surface area (Å²) in [6, 6.07) is 6.10. The van der Waals surface area contributed by atoms with Gasteiger partial charge in [-0.15, -0.1) is 0 Å². The number of benzene rings is 1. The third-order valence-corrected chi connectivity index (χ3v) is 3.44. The molecule has 0 atom stereocenters. The van der Waals surface area contributed by atoms with Crippen molar-refractivity contribution in [2.24, 2.45) is 0 Å². The van der Waals surface area contributed by atoms with E-state index in [-0.39, 0.29) is 5.56 Å². The largest absolute Gasteiger partial charge is 0.372 e. The van der Waals surface area contributed by atoms with E-state index in [4.69, 9.17) is 11.6 Å². The Labute approximate surface area is 128 Å². The van der Waals surface area contributed by atoms with E-state index in [1.54, 1.807) is 25.2 Å². The fraction of sp³-hybridized carbons (Fsp3) is 0.0769. The number of aromatic nitrogens is 1. The van der Waals surface area contributed by atoms with E-state index in [0.717, 1.165) is 12.3 Å². The van der Waals surface area contributed by atoms with Crippen molar-refractivity contribution in [3.05, 3.63) is 51.3 Å². The molecule has 1 aromatic carbocycles. The second kappa shape index (κ2) is 6.19. The second-order valence-corrected chi connectivity index (χ2v) is 5.17. The van der Waals surface area contributed by atoms with Crippen molar-refractivity contribution >= 4 is 44.9 Å². The fourth-order valence-corrected chi connectivity index (χ4v) is 2.11. The van der Waals surface area contributed by atoms with Gasteiger partial charge in [0.2, 0.25) is 0 Å². The predicted molar refractivity (Wildman–Crippen MR) is 80.8 cm³/mol. The normalized spacial score (nSPS) is 10.2. The van der Waals surface area contributed by atoms with Crippen LogP contribution in [0, 0.1) is 5.82 Å². The van der Waals surface area contributed by atoms with E-state index in [2.05, 4.69) is 31.5 Å². The van der Waals surface area contributed by atoms with Gasteiger partial charge in [0.25, 0.3) is 5.91 Å². The average molecular weight is 359 g/mol. The van der Waals surface area contributed by atoms with E-state index >= 15 is 0 Å². The molecule has 0 radical (unpaired) electrons. The van der Waals surface area contributed by atoms with Gasteiger partial charge in [0.1, 0.15) is 11.6 Å². The Bertz CT molecular complexity index is 666. The highest BCUT2D eigenvalue weighted by Gasteiger charge is 2.15. The van der Waals surface area contributed by atoms with Crippen LogP contribution in [-0.4, -0.2) is 17.9 Å². The number of nitrogens with one attached hydrogen (secondary N) is 2. The Hall–Kier alpha value is -1.66. The van der Waals surface area contributed by atoms with Crippen LogP contribution in [0.4, 0.5) is 15.9 Å². The van der Waals surface area contributed by atoms with Gasteiger partial charge >= 0.3 is 0 Å². The molecule has 2 N–H and O–H groups in total. The molecule has 104 valence electrons. The lowest BCUT2D eigenvalue weighted by Crippen LogP contribution is -2.15. The average Bonchev–Trinajstić information content (AvgIpc) is 2.42. The number of anilines is 2. The predicted octanol–water partition coefficient (Wildman–Crippen LogP) is 3.93. The van der Waals surface area contributed by atoms with Crippen molar-refractivity contribution in [3.8, 4) is 0 Å². The molecule has 2 rings (SSSR count). The first-order valence-corrected chi connectivity index (χ1v) is 6.78. The molecule has 0 spiro atoms. The number of nitrogens with zero attached hydrogens (tertiary/aromatic N) is 1. The monoisotopic (exact) mass is 357 g/mol. The van der Waals surface area contributed by atoms with Gasteiger partial charge in [-0.3, -0.25) is 4.79 Å². The quantitative estimate of drug-likeness (QED) is 0.874. The molecule has 0 bridgehead atoms. The Morgan fingerprint density at radius 1 is 1.40 bits per heavy atom. The van der Waals surface area contributed by atoms with Gasteiger partial charge in [0.15, 0.2) is 0 Å². The molecule has 2 aromatic rings. The van der Waals surface area contributed by atoms with Gasteiger partial charge in [-0.25, -0.2) is 9.37 Å². The van der Waals surface area contributed by atoms with Crippen LogP contribution in [0.15, 0.2) is 34.9 Å². The topological polar surface area (TPSA) is 54.0 Å². The lowest BCUT2D eigenvalue weighted by atomic mass is 10.2. The molecule has 1 aromatic heterocycles. The molecule has 0 aliphatic heterocycles. The minimum Gasteiger partial charge on any atom is -0.372 e.